The Morgan fingerprint density at radius 1 is 1.32 bits per heavy atom. The van der Waals surface area contributed by atoms with Crippen molar-refractivity contribution in [1.82, 2.24) is 0 Å². The number of benzene rings is 1. The van der Waals surface area contributed by atoms with Gasteiger partial charge in [0.1, 0.15) is 11.9 Å². The minimum Gasteiger partial charge on any atom is -0.481 e. The molecular weight excluding hydrogens is 257 g/mol. The van der Waals surface area contributed by atoms with Gasteiger partial charge in [-0.2, -0.15) is 0 Å². The molecule has 2 atom stereocenters. The van der Waals surface area contributed by atoms with Crippen molar-refractivity contribution < 1.29 is 29.3 Å². The summed E-state index contributed by atoms with van der Waals surface area (Å²) in [4.78, 5) is 21.1. The zero-order chi connectivity index (χ0) is 14.6. The normalized spacial score (nSPS) is 13.8. The Morgan fingerprint density at radius 3 is 2.42 bits per heavy atom. The number of hydrogen-bond donors (Lipinski definition) is 4. The van der Waals surface area contributed by atoms with Gasteiger partial charge in [0.15, 0.2) is 6.10 Å². The van der Waals surface area contributed by atoms with Gasteiger partial charge in [0.05, 0.1) is 0 Å². The molecule has 0 radical (unpaired) electrons. The van der Waals surface area contributed by atoms with Gasteiger partial charge in [0, 0.05) is 6.42 Å². The molecule has 0 bridgehead atoms. The van der Waals surface area contributed by atoms with Crippen molar-refractivity contribution in [3.63, 3.8) is 0 Å². The molecule has 5 N–H and O–H groups in total. The molecule has 6 nitrogen and oxygen atoms in total. The van der Waals surface area contributed by atoms with Crippen LogP contribution in [0.1, 0.15) is 23.7 Å². The molecular formula is C12H14FNO5. The van der Waals surface area contributed by atoms with E-state index in [0.29, 0.717) is 0 Å². The van der Waals surface area contributed by atoms with Crippen LogP contribution >= 0.6 is 0 Å². The molecule has 0 aromatic heterocycles. The molecule has 0 fully saturated rings. The van der Waals surface area contributed by atoms with Crippen LogP contribution in [0, 0.1) is 5.82 Å². The highest BCUT2D eigenvalue weighted by Gasteiger charge is 2.24. The molecule has 1 amide bonds. The van der Waals surface area contributed by atoms with Gasteiger partial charge in [0.2, 0.25) is 5.91 Å². The smallest absolute Gasteiger partial charge is 0.303 e. The maximum atomic E-state index is 13.6. The van der Waals surface area contributed by atoms with Gasteiger partial charge in [0.25, 0.3) is 0 Å². The number of amides is 1. The molecule has 1 aromatic carbocycles. The first-order valence-corrected chi connectivity index (χ1v) is 5.48. The number of hydrogen-bond acceptors (Lipinski definition) is 4. The van der Waals surface area contributed by atoms with E-state index in [0.717, 1.165) is 6.07 Å². The minimum atomic E-state index is -1.83. The number of aliphatic carboxylic acids is 1. The predicted octanol–water partition coefficient (Wildman–Crippen LogP) is -0.278. The summed E-state index contributed by atoms with van der Waals surface area (Å²) in [7, 11) is 0. The average molecular weight is 271 g/mol. The third-order valence-corrected chi connectivity index (χ3v) is 2.62. The van der Waals surface area contributed by atoms with E-state index in [1.807, 2.05) is 0 Å². The van der Waals surface area contributed by atoms with Crippen LogP contribution in [0.5, 0.6) is 0 Å². The van der Waals surface area contributed by atoms with Crippen molar-refractivity contribution in [1.29, 1.82) is 0 Å². The molecule has 19 heavy (non-hydrogen) atoms. The van der Waals surface area contributed by atoms with E-state index in [-0.39, 0.29) is 24.0 Å². The van der Waals surface area contributed by atoms with Crippen molar-refractivity contribution in [2.75, 3.05) is 0 Å². The number of halogens is 1. The molecule has 0 saturated heterocycles. The SMILES string of the molecule is NC(=O)C(O)C(O)c1ccc(CCC(=O)O)c(F)c1. The highest BCUT2D eigenvalue weighted by molar-refractivity contribution is 5.79. The van der Waals surface area contributed by atoms with E-state index in [2.05, 4.69) is 0 Å². The van der Waals surface area contributed by atoms with Gasteiger partial charge < -0.3 is 21.1 Å². The Kier molecular flexibility index (Phi) is 4.96. The van der Waals surface area contributed by atoms with Crippen molar-refractivity contribution in [2.24, 2.45) is 5.73 Å². The number of carboxylic acids is 1. The number of aliphatic hydroxyl groups is 2. The second-order valence-corrected chi connectivity index (χ2v) is 4.04. The van der Waals surface area contributed by atoms with Crippen molar-refractivity contribution in [3.05, 3.63) is 35.1 Å². The fourth-order valence-corrected chi connectivity index (χ4v) is 1.53. The lowest BCUT2D eigenvalue weighted by atomic mass is 10.0. The fourth-order valence-electron chi connectivity index (χ4n) is 1.53. The fraction of sp³-hybridized carbons (Fsp3) is 0.333. The molecule has 0 saturated carbocycles. The molecule has 1 aromatic rings. The van der Waals surface area contributed by atoms with E-state index >= 15 is 0 Å². The van der Waals surface area contributed by atoms with E-state index < -0.39 is 29.9 Å². The second-order valence-electron chi connectivity index (χ2n) is 4.04. The minimum absolute atomic E-state index is 0.00984. The first-order valence-electron chi connectivity index (χ1n) is 5.48. The van der Waals surface area contributed by atoms with Crippen LogP contribution in [0.3, 0.4) is 0 Å². The molecule has 0 aliphatic carbocycles. The molecule has 0 aliphatic heterocycles. The summed E-state index contributed by atoms with van der Waals surface area (Å²) in [5.41, 5.74) is 4.98. The first kappa shape index (κ1) is 15.1. The lowest BCUT2D eigenvalue weighted by Crippen LogP contribution is -2.33. The molecule has 0 heterocycles. The van der Waals surface area contributed by atoms with Crippen LogP contribution in [0.25, 0.3) is 0 Å². The number of aliphatic hydroxyl groups excluding tert-OH is 2. The maximum Gasteiger partial charge on any atom is 0.303 e. The molecule has 0 aliphatic rings. The molecule has 0 spiro atoms. The average Bonchev–Trinajstić information content (AvgIpc) is 2.35. The Hall–Kier alpha value is -1.99. The van der Waals surface area contributed by atoms with Gasteiger partial charge in [-0.15, -0.1) is 0 Å². The number of carbonyl (C=O) groups excluding carboxylic acids is 1. The summed E-state index contributed by atoms with van der Waals surface area (Å²) in [5.74, 6) is -2.88. The summed E-state index contributed by atoms with van der Waals surface area (Å²) in [6.45, 7) is 0. The van der Waals surface area contributed by atoms with Crippen LogP contribution in [0.4, 0.5) is 4.39 Å². The third kappa shape index (κ3) is 4.01. The highest BCUT2D eigenvalue weighted by Crippen LogP contribution is 2.20. The van der Waals surface area contributed by atoms with Crippen molar-refractivity contribution >= 4 is 11.9 Å². The lowest BCUT2D eigenvalue weighted by Gasteiger charge is -2.15. The van der Waals surface area contributed by atoms with Gasteiger partial charge >= 0.3 is 5.97 Å². The number of rotatable bonds is 6. The van der Waals surface area contributed by atoms with Crippen LogP contribution in [-0.4, -0.2) is 33.3 Å². The quantitative estimate of drug-likeness (QED) is 0.567. The topological polar surface area (TPSA) is 121 Å². The third-order valence-electron chi connectivity index (χ3n) is 2.62. The van der Waals surface area contributed by atoms with Gasteiger partial charge in [-0.1, -0.05) is 12.1 Å². The summed E-state index contributed by atoms with van der Waals surface area (Å²) in [6, 6.07) is 3.54. The number of nitrogens with two attached hydrogens (primary N) is 1. The number of carbonyl (C=O) groups is 2. The van der Waals surface area contributed by atoms with Crippen LogP contribution in [-0.2, 0) is 16.0 Å². The van der Waals surface area contributed by atoms with Gasteiger partial charge in [-0.25, -0.2) is 4.39 Å². The summed E-state index contributed by atoms with van der Waals surface area (Å²) < 4.78 is 13.6. The zero-order valence-electron chi connectivity index (χ0n) is 9.91. The second kappa shape index (κ2) is 6.26. The Labute approximate surface area is 108 Å². The monoisotopic (exact) mass is 271 g/mol. The summed E-state index contributed by atoms with van der Waals surface area (Å²) >= 11 is 0. The van der Waals surface area contributed by atoms with Crippen LogP contribution < -0.4 is 5.73 Å². The van der Waals surface area contributed by atoms with E-state index in [1.54, 1.807) is 0 Å². The summed E-state index contributed by atoms with van der Waals surface area (Å²) in [5, 5.41) is 27.3. The molecule has 104 valence electrons. The molecule has 1 rings (SSSR count). The predicted molar refractivity (Wildman–Crippen MR) is 62.5 cm³/mol. The number of primary amides is 1. The Bertz CT molecular complexity index is 491. The Balaban J connectivity index is 2.87. The van der Waals surface area contributed by atoms with Gasteiger partial charge in [-0.3, -0.25) is 9.59 Å². The Morgan fingerprint density at radius 2 is 1.95 bits per heavy atom. The molecule has 7 heteroatoms. The van der Waals surface area contributed by atoms with Crippen LogP contribution in [0.15, 0.2) is 18.2 Å². The zero-order valence-corrected chi connectivity index (χ0v) is 9.91. The molecule has 2 unspecified atom stereocenters. The van der Waals surface area contributed by atoms with Gasteiger partial charge in [-0.05, 0) is 23.6 Å². The van der Waals surface area contributed by atoms with E-state index in [9.17, 15) is 24.2 Å². The first-order chi connectivity index (χ1) is 8.82. The van der Waals surface area contributed by atoms with Crippen molar-refractivity contribution in [3.8, 4) is 0 Å². The number of carboxylic acid groups (broad SMARTS) is 1. The van der Waals surface area contributed by atoms with Crippen molar-refractivity contribution in [2.45, 2.75) is 25.0 Å². The maximum absolute atomic E-state index is 13.6. The van der Waals surface area contributed by atoms with Crippen LogP contribution in [0.2, 0.25) is 0 Å². The summed E-state index contributed by atoms with van der Waals surface area (Å²) in [6.07, 6.45) is -3.66. The van der Waals surface area contributed by atoms with E-state index in [1.165, 1.54) is 12.1 Å². The standard InChI is InChI=1S/C12H14FNO5/c13-8-5-7(10(17)11(18)12(14)19)2-1-6(8)3-4-9(15)16/h1-2,5,10-11,17-18H,3-4H2,(H2,14,19)(H,15,16). The van der Waals surface area contributed by atoms with E-state index in [4.69, 9.17) is 10.8 Å². The number of aryl methyl sites for hydroxylation is 1. The lowest BCUT2D eigenvalue weighted by molar-refractivity contribution is -0.137. The largest absolute Gasteiger partial charge is 0.481 e. The highest BCUT2D eigenvalue weighted by atomic mass is 19.1.